The Labute approximate surface area is 251 Å². The molecule has 3 amide bonds. The SMILES string of the molecule is C=CCN(CCC)C(=O)[C@H]1[C@H]2C(=O)N(CCCCO)C(C(=O)N(CC=C)c3c(C)cccc3C)C23CC(Br)[C@@H]1S3. The largest absolute Gasteiger partial charge is 0.396 e. The number of carbonyl (C=O) groups is 3. The number of halogens is 1. The topological polar surface area (TPSA) is 81.2 Å². The van der Waals surface area contributed by atoms with Gasteiger partial charge in [-0.05, 0) is 50.7 Å². The number of benzene rings is 1. The fourth-order valence-electron chi connectivity index (χ4n) is 7.05. The number of unbranched alkanes of at least 4 members (excludes halogenated alkanes) is 1. The summed E-state index contributed by atoms with van der Waals surface area (Å²) < 4.78 is -0.714. The Kier molecular flexibility index (Phi) is 9.89. The molecule has 9 heteroatoms. The average Bonchev–Trinajstić information content (AvgIpc) is 3.51. The molecule has 1 N–H and O–H groups in total. The van der Waals surface area contributed by atoms with E-state index >= 15 is 0 Å². The van der Waals surface area contributed by atoms with Gasteiger partial charge in [-0.2, -0.15) is 0 Å². The lowest BCUT2D eigenvalue weighted by molar-refractivity contribution is -0.143. The summed E-state index contributed by atoms with van der Waals surface area (Å²) in [5.41, 5.74) is 2.81. The maximum Gasteiger partial charge on any atom is 0.251 e. The van der Waals surface area contributed by atoms with Gasteiger partial charge in [-0.3, -0.25) is 14.4 Å². The van der Waals surface area contributed by atoms with Crippen LogP contribution in [0.5, 0.6) is 0 Å². The van der Waals surface area contributed by atoms with E-state index in [2.05, 4.69) is 29.1 Å². The minimum Gasteiger partial charge on any atom is -0.396 e. The summed E-state index contributed by atoms with van der Waals surface area (Å²) in [6.45, 7) is 15.5. The number of amides is 3. The quantitative estimate of drug-likeness (QED) is 0.197. The van der Waals surface area contributed by atoms with Gasteiger partial charge in [-0.15, -0.1) is 24.9 Å². The highest BCUT2D eigenvalue weighted by molar-refractivity contribution is 9.09. The predicted octanol–water partition coefficient (Wildman–Crippen LogP) is 4.48. The van der Waals surface area contributed by atoms with Gasteiger partial charge in [-0.25, -0.2) is 0 Å². The van der Waals surface area contributed by atoms with Crippen LogP contribution in [0.25, 0.3) is 0 Å². The minimum absolute atomic E-state index is 0.0171. The summed E-state index contributed by atoms with van der Waals surface area (Å²) in [6, 6.07) is 5.25. The third kappa shape index (κ3) is 5.18. The smallest absolute Gasteiger partial charge is 0.251 e. The Hall–Kier alpha value is -2.10. The van der Waals surface area contributed by atoms with E-state index in [1.165, 1.54) is 0 Å². The first kappa shape index (κ1) is 30.8. The van der Waals surface area contributed by atoms with E-state index in [4.69, 9.17) is 0 Å². The Morgan fingerprint density at radius 2 is 1.85 bits per heavy atom. The van der Waals surface area contributed by atoms with Crippen LogP contribution in [0.4, 0.5) is 5.69 Å². The van der Waals surface area contributed by atoms with Crippen molar-refractivity contribution in [1.29, 1.82) is 0 Å². The van der Waals surface area contributed by atoms with Gasteiger partial charge in [0.2, 0.25) is 11.8 Å². The molecule has 3 saturated heterocycles. The van der Waals surface area contributed by atoms with Gasteiger partial charge in [-0.1, -0.05) is 53.2 Å². The average molecular weight is 633 g/mol. The van der Waals surface area contributed by atoms with Crippen molar-refractivity contribution in [3.8, 4) is 0 Å². The van der Waals surface area contributed by atoms with Crippen molar-refractivity contribution in [1.82, 2.24) is 9.80 Å². The van der Waals surface area contributed by atoms with Crippen molar-refractivity contribution < 1.29 is 19.5 Å². The van der Waals surface area contributed by atoms with Crippen molar-refractivity contribution in [2.24, 2.45) is 11.8 Å². The molecule has 0 aliphatic carbocycles. The number of hydrogen-bond donors (Lipinski definition) is 1. The highest BCUT2D eigenvalue weighted by Crippen LogP contribution is 2.68. The fourth-order valence-corrected chi connectivity index (χ4v) is 10.7. The van der Waals surface area contributed by atoms with E-state index in [1.807, 2.05) is 43.9 Å². The van der Waals surface area contributed by atoms with Crippen molar-refractivity contribution >= 4 is 51.1 Å². The monoisotopic (exact) mass is 631 g/mol. The molecule has 0 saturated carbocycles. The molecule has 1 aromatic rings. The van der Waals surface area contributed by atoms with Crippen LogP contribution >= 0.6 is 27.7 Å². The number of aliphatic hydroxyl groups is 1. The summed E-state index contributed by atoms with van der Waals surface area (Å²) in [6.07, 6.45) is 6.03. The second-order valence-corrected chi connectivity index (χ2v) is 13.9. The van der Waals surface area contributed by atoms with Crippen LogP contribution in [0.3, 0.4) is 0 Å². The number of anilines is 1. The number of aryl methyl sites for hydroxylation is 2. The molecule has 3 aliphatic rings. The maximum absolute atomic E-state index is 14.8. The second kappa shape index (κ2) is 12.8. The van der Waals surface area contributed by atoms with Gasteiger partial charge in [0.25, 0.3) is 5.91 Å². The molecular weight excluding hydrogens is 590 g/mol. The van der Waals surface area contributed by atoms with Gasteiger partial charge in [0.05, 0.1) is 16.6 Å². The lowest BCUT2D eigenvalue weighted by Crippen LogP contribution is -2.56. The third-order valence-electron chi connectivity index (χ3n) is 8.56. The van der Waals surface area contributed by atoms with Gasteiger partial charge in [0.15, 0.2) is 0 Å². The summed E-state index contributed by atoms with van der Waals surface area (Å²) in [5.74, 6) is -1.34. The fraction of sp³-hybridized carbons (Fsp3) is 0.581. The highest BCUT2D eigenvalue weighted by atomic mass is 79.9. The number of aliphatic hydroxyl groups excluding tert-OH is 1. The Morgan fingerprint density at radius 3 is 2.45 bits per heavy atom. The molecule has 218 valence electrons. The predicted molar refractivity (Wildman–Crippen MR) is 166 cm³/mol. The molecule has 1 spiro atoms. The minimum atomic E-state index is -0.714. The molecule has 4 rings (SSSR count). The van der Waals surface area contributed by atoms with Crippen LogP contribution in [-0.2, 0) is 14.4 Å². The molecule has 40 heavy (non-hydrogen) atoms. The van der Waals surface area contributed by atoms with Crippen LogP contribution < -0.4 is 4.90 Å². The van der Waals surface area contributed by atoms with Gasteiger partial charge >= 0.3 is 0 Å². The molecule has 3 heterocycles. The van der Waals surface area contributed by atoms with E-state index < -0.39 is 22.6 Å². The first-order chi connectivity index (χ1) is 19.2. The molecule has 3 fully saturated rings. The first-order valence-corrected chi connectivity index (χ1v) is 16.1. The van der Waals surface area contributed by atoms with Gasteiger partial charge in [0.1, 0.15) is 6.04 Å². The van der Waals surface area contributed by atoms with E-state index in [0.29, 0.717) is 45.4 Å². The zero-order valence-corrected chi connectivity index (χ0v) is 26.3. The molecule has 3 aliphatic heterocycles. The number of para-hydroxylation sites is 1. The molecule has 7 nitrogen and oxygen atoms in total. The Balaban J connectivity index is 1.81. The van der Waals surface area contributed by atoms with Crippen LogP contribution in [0.15, 0.2) is 43.5 Å². The molecule has 2 bridgehead atoms. The second-order valence-electron chi connectivity index (χ2n) is 11.2. The van der Waals surface area contributed by atoms with E-state index in [1.54, 1.807) is 33.7 Å². The zero-order chi connectivity index (χ0) is 29.2. The van der Waals surface area contributed by atoms with Gasteiger partial charge < -0.3 is 19.8 Å². The number of likely N-dealkylation sites (tertiary alicyclic amines) is 1. The normalized spacial score (nSPS) is 28.5. The van der Waals surface area contributed by atoms with Crippen LogP contribution in [0.2, 0.25) is 0 Å². The van der Waals surface area contributed by atoms with Crippen molar-refractivity contribution in [2.45, 2.75) is 67.3 Å². The number of thioether (sulfide) groups is 1. The van der Waals surface area contributed by atoms with Crippen molar-refractivity contribution in [2.75, 3.05) is 37.7 Å². The standard InChI is InChI=1S/C31H42BrN3O4S/c1-6-14-33(15-7-2)28(37)23-24-29(38)35(17-9-10-18-36)27(31(24)19-22(32)26(23)40-31)30(39)34(16-8-3)25-20(4)12-11-13-21(25)5/h6,8,11-13,22-24,26-27,36H,1,3,7,9-10,14-19H2,2,4-5H3/t22?,23-,24-,26-,27?,31?/m0/s1. The van der Waals surface area contributed by atoms with Crippen molar-refractivity contribution in [3.63, 3.8) is 0 Å². The van der Waals surface area contributed by atoms with Crippen LogP contribution in [0.1, 0.15) is 43.7 Å². The third-order valence-corrected chi connectivity index (χ3v) is 11.8. The molecular formula is C31H42BrN3O4S. The number of rotatable bonds is 13. The summed E-state index contributed by atoms with van der Waals surface area (Å²) in [5, 5.41) is 9.38. The van der Waals surface area contributed by atoms with Crippen molar-refractivity contribution in [3.05, 3.63) is 54.6 Å². The number of nitrogens with zero attached hydrogens (tertiary/aromatic N) is 3. The Morgan fingerprint density at radius 1 is 1.18 bits per heavy atom. The first-order valence-electron chi connectivity index (χ1n) is 14.3. The number of fused-ring (bicyclic) bond motifs is 1. The number of alkyl halides is 1. The molecule has 0 radical (unpaired) electrons. The van der Waals surface area contributed by atoms with Crippen LogP contribution in [-0.4, -0.2) is 86.3 Å². The molecule has 1 aromatic carbocycles. The summed E-state index contributed by atoms with van der Waals surface area (Å²) in [7, 11) is 0. The molecule has 0 aromatic heterocycles. The van der Waals surface area contributed by atoms with E-state index in [0.717, 1.165) is 23.2 Å². The molecule has 3 unspecified atom stereocenters. The Bertz CT molecular complexity index is 1140. The number of carbonyl (C=O) groups excluding carboxylic acids is 3. The van der Waals surface area contributed by atoms with Crippen LogP contribution in [0, 0.1) is 25.7 Å². The van der Waals surface area contributed by atoms with E-state index in [9.17, 15) is 19.5 Å². The van der Waals surface area contributed by atoms with E-state index in [-0.39, 0.29) is 34.4 Å². The summed E-state index contributed by atoms with van der Waals surface area (Å²) >= 11 is 5.53. The lowest BCUT2D eigenvalue weighted by atomic mass is 9.70. The number of hydrogen-bond acceptors (Lipinski definition) is 5. The molecule has 6 atom stereocenters. The lowest BCUT2D eigenvalue weighted by Gasteiger charge is -2.39. The summed E-state index contributed by atoms with van der Waals surface area (Å²) in [4.78, 5) is 48.5. The zero-order valence-electron chi connectivity index (χ0n) is 23.9. The maximum atomic E-state index is 14.8. The highest BCUT2D eigenvalue weighted by Gasteiger charge is 2.76. The van der Waals surface area contributed by atoms with Gasteiger partial charge in [0, 0.05) is 48.6 Å².